The van der Waals surface area contributed by atoms with Crippen LogP contribution in [0.5, 0.6) is 0 Å². The third-order valence-electron chi connectivity index (χ3n) is 2.70. The predicted molar refractivity (Wildman–Crippen MR) is 71.3 cm³/mol. The maximum absolute atomic E-state index is 11.9. The van der Waals surface area contributed by atoms with E-state index in [9.17, 15) is 4.79 Å². The van der Waals surface area contributed by atoms with Gasteiger partial charge in [-0.2, -0.15) is 0 Å². The van der Waals surface area contributed by atoms with Crippen LogP contribution >= 0.6 is 11.6 Å². The van der Waals surface area contributed by atoms with E-state index in [2.05, 4.69) is 5.32 Å². The summed E-state index contributed by atoms with van der Waals surface area (Å²) in [5.74, 6) is -0.173. The molecule has 0 saturated carbocycles. The first-order chi connectivity index (χ1) is 7.91. The van der Waals surface area contributed by atoms with Gasteiger partial charge in [-0.1, -0.05) is 11.6 Å². The first-order valence-corrected chi connectivity index (χ1v) is 5.79. The fourth-order valence-corrected chi connectivity index (χ4v) is 1.44. The lowest BCUT2D eigenvalue weighted by molar-refractivity contribution is 0.0944. The molecule has 0 aliphatic rings. The van der Waals surface area contributed by atoms with Crippen LogP contribution in [0.1, 0.15) is 17.3 Å². The van der Waals surface area contributed by atoms with Gasteiger partial charge >= 0.3 is 0 Å². The van der Waals surface area contributed by atoms with Crippen molar-refractivity contribution in [3.05, 3.63) is 28.8 Å². The molecule has 94 valence electrons. The normalized spacial score (nSPS) is 12.5. The van der Waals surface area contributed by atoms with Crippen molar-refractivity contribution in [2.45, 2.75) is 13.0 Å². The molecule has 0 spiro atoms. The van der Waals surface area contributed by atoms with E-state index in [1.165, 1.54) is 0 Å². The molecular formula is C12H18ClN3O. The van der Waals surface area contributed by atoms with E-state index in [0.29, 0.717) is 22.8 Å². The first kappa shape index (κ1) is 13.8. The Balaban J connectivity index is 2.64. The van der Waals surface area contributed by atoms with Crippen molar-refractivity contribution >= 4 is 23.2 Å². The van der Waals surface area contributed by atoms with Gasteiger partial charge in [-0.05, 0) is 39.2 Å². The highest BCUT2D eigenvalue weighted by molar-refractivity contribution is 6.31. The Hall–Kier alpha value is -1.26. The van der Waals surface area contributed by atoms with E-state index in [-0.39, 0.29) is 11.9 Å². The number of hydrogen-bond acceptors (Lipinski definition) is 3. The summed E-state index contributed by atoms with van der Waals surface area (Å²) < 4.78 is 0. The highest BCUT2D eigenvalue weighted by Gasteiger charge is 2.11. The van der Waals surface area contributed by atoms with Crippen molar-refractivity contribution in [1.82, 2.24) is 10.2 Å². The van der Waals surface area contributed by atoms with Crippen LogP contribution in [-0.2, 0) is 0 Å². The van der Waals surface area contributed by atoms with E-state index in [1.807, 2.05) is 25.9 Å². The minimum absolute atomic E-state index is 0.173. The largest absolute Gasteiger partial charge is 0.398 e. The van der Waals surface area contributed by atoms with Crippen molar-refractivity contribution in [3.8, 4) is 0 Å². The van der Waals surface area contributed by atoms with Crippen LogP contribution < -0.4 is 11.1 Å². The zero-order chi connectivity index (χ0) is 13.0. The fraction of sp³-hybridized carbons (Fsp3) is 0.417. The summed E-state index contributed by atoms with van der Waals surface area (Å²) in [6, 6.07) is 5.13. The zero-order valence-electron chi connectivity index (χ0n) is 10.3. The Kier molecular flexibility index (Phi) is 4.78. The summed E-state index contributed by atoms with van der Waals surface area (Å²) in [5, 5.41) is 3.37. The van der Waals surface area contributed by atoms with Gasteiger partial charge in [0.1, 0.15) is 0 Å². The number of hydrogen-bond donors (Lipinski definition) is 2. The number of halogens is 1. The van der Waals surface area contributed by atoms with Gasteiger partial charge in [0.05, 0.1) is 5.56 Å². The smallest absolute Gasteiger partial charge is 0.253 e. The fourth-order valence-electron chi connectivity index (χ4n) is 1.26. The van der Waals surface area contributed by atoms with Crippen LogP contribution in [0.2, 0.25) is 5.02 Å². The molecule has 1 aromatic carbocycles. The van der Waals surface area contributed by atoms with Crippen LogP contribution in [0, 0.1) is 0 Å². The number of nitrogens with one attached hydrogen (secondary N) is 1. The summed E-state index contributed by atoms with van der Waals surface area (Å²) in [4.78, 5) is 13.9. The summed E-state index contributed by atoms with van der Waals surface area (Å²) >= 11 is 5.77. The van der Waals surface area contributed by atoms with Gasteiger partial charge in [-0.3, -0.25) is 4.79 Å². The van der Waals surface area contributed by atoms with Crippen molar-refractivity contribution < 1.29 is 4.79 Å². The van der Waals surface area contributed by atoms with Gasteiger partial charge in [0.2, 0.25) is 0 Å². The second kappa shape index (κ2) is 5.89. The third-order valence-corrected chi connectivity index (χ3v) is 2.93. The number of amides is 1. The molecule has 17 heavy (non-hydrogen) atoms. The Morgan fingerprint density at radius 1 is 1.53 bits per heavy atom. The number of nitrogens with two attached hydrogens (primary N) is 1. The van der Waals surface area contributed by atoms with Crippen molar-refractivity contribution in [1.29, 1.82) is 0 Å². The van der Waals surface area contributed by atoms with Gasteiger partial charge in [-0.25, -0.2) is 0 Å². The Morgan fingerprint density at radius 2 is 2.18 bits per heavy atom. The lowest BCUT2D eigenvalue weighted by Gasteiger charge is -2.20. The SMILES string of the molecule is CC(CNC(=O)c1ccc(Cl)cc1N)N(C)C. The van der Waals surface area contributed by atoms with Gasteiger partial charge in [0, 0.05) is 23.3 Å². The number of nitrogens with zero attached hydrogens (tertiary/aromatic N) is 1. The highest BCUT2D eigenvalue weighted by atomic mass is 35.5. The molecule has 5 heteroatoms. The molecule has 0 bridgehead atoms. The number of rotatable bonds is 4. The Bertz CT molecular complexity index is 407. The van der Waals surface area contributed by atoms with Crippen LogP contribution in [0.15, 0.2) is 18.2 Å². The molecule has 1 amide bonds. The minimum atomic E-state index is -0.173. The number of anilines is 1. The molecule has 0 aromatic heterocycles. The number of carbonyl (C=O) groups is 1. The average molecular weight is 256 g/mol. The van der Waals surface area contributed by atoms with Crippen molar-refractivity contribution in [2.75, 3.05) is 26.4 Å². The number of nitrogen functional groups attached to an aromatic ring is 1. The molecule has 3 N–H and O–H groups in total. The van der Waals surface area contributed by atoms with E-state index in [0.717, 1.165) is 0 Å². The van der Waals surface area contributed by atoms with E-state index in [4.69, 9.17) is 17.3 Å². The summed E-state index contributed by atoms with van der Waals surface area (Å²) in [6.45, 7) is 2.61. The molecule has 1 rings (SSSR count). The first-order valence-electron chi connectivity index (χ1n) is 5.41. The second-order valence-corrected chi connectivity index (χ2v) is 4.69. The molecule has 4 nitrogen and oxygen atoms in total. The quantitative estimate of drug-likeness (QED) is 0.804. The topological polar surface area (TPSA) is 58.4 Å². The van der Waals surface area contributed by atoms with Gasteiger partial charge in [0.25, 0.3) is 5.91 Å². The Morgan fingerprint density at radius 3 is 2.71 bits per heavy atom. The van der Waals surface area contributed by atoms with E-state index in [1.54, 1.807) is 18.2 Å². The van der Waals surface area contributed by atoms with Crippen LogP contribution in [-0.4, -0.2) is 37.5 Å². The lowest BCUT2D eigenvalue weighted by Crippen LogP contribution is -2.38. The van der Waals surface area contributed by atoms with Crippen molar-refractivity contribution in [2.24, 2.45) is 0 Å². The Labute approximate surface area is 107 Å². The van der Waals surface area contributed by atoms with E-state index < -0.39 is 0 Å². The van der Waals surface area contributed by atoms with Gasteiger partial charge < -0.3 is 16.0 Å². The maximum atomic E-state index is 11.9. The molecular weight excluding hydrogens is 238 g/mol. The molecule has 0 aliphatic carbocycles. The summed E-state index contributed by atoms with van der Waals surface area (Å²) in [6.07, 6.45) is 0. The monoisotopic (exact) mass is 255 g/mol. The van der Waals surface area contributed by atoms with Gasteiger partial charge in [0.15, 0.2) is 0 Å². The van der Waals surface area contributed by atoms with Crippen LogP contribution in [0.25, 0.3) is 0 Å². The molecule has 1 atom stereocenters. The lowest BCUT2D eigenvalue weighted by atomic mass is 10.1. The molecule has 1 aromatic rings. The predicted octanol–water partition coefficient (Wildman–Crippen LogP) is 1.60. The average Bonchev–Trinajstić information content (AvgIpc) is 2.25. The minimum Gasteiger partial charge on any atom is -0.398 e. The highest BCUT2D eigenvalue weighted by Crippen LogP contribution is 2.17. The molecule has 1 unspecified atom stereocenters. The summed E-state index contributed by atoms with van der Waals surface area (Å²) in [5.41, 5.74) is 6.59. The zero-order valence-corrected chi connectivity index (χ0v) is 11.1. The number of likely N-dealkylation sites (N-methyl/N-ethyl adjacent to an activating group) is 1. The van der Waals surface area contributed by atoms with Gasteiger partial charge in [-0.15, -0.1) is 0 Å². The maximum Gasteiger partial charge on any atom is 0.253 e. The van der Waals surface area contributed by atoms with Crippen molar-refractivity contribution in [3.63, 3.8) is 0 Å². The summed E-state index contributed by atoms with van der Waals surface area (Å²) in [7, 11) is 3.93. The number of carbonyl (C=O) groups excluding carboxylic acids is 1. The second-order valence-electron chi connectivity index (χ2n) is 4.25. The van der Waals surface area contributed by atoms with Crippen LogP contribution in [0.3, 0.4) is 0 Å². The molecule has 0 heterocycles. The third kappa shape index (κ3) is 3.91. The van der Waals surface area contributed by atoms with E-state index >= 15 is 0 Å². The molecule has 0 radical (unpaired) electrons. The molecule has 0 fully saturated rings. The standard InChI is InChI=1S/C12H18ClN3O/c1-8(16(2)3)7-15-12(17)10-5-4-9(13)6-11(10)14/h4-6,8H,7,14H2,1-3H3,(H,15,17). The molecule has 0 saturated heterocycles. The molecule has 0 aliphatic heterocycles. The van der Waals surface area contributed by atoms with Crippen LogP contribution in [0.4, 0.5) is 5.69 Å². The number of benzene rings is 1.